The third-order valence-electron chi connectivity index (χ3n) is 5.30. The fourth-order valence-electron chi connectivity index (χ4n) is 2.41. The van der Waals surface area contributed by atoms with E-state index in [0.29, 0.717) is 4.90 Å². The Kier molecular flexibility index (Phi) is 5.22. The molecule has 0 aromatic heterocycles. The van der Waals surface area contributed by atoms with Crippen LogP contribution in [-0.4, -0.2) is 60.5 Å². The van der Waals surface area contributed by atoms with Gasteiger partial charge in [-0.2, -0.15) is 13.2 Å². The Balaban J connectivity index is 3.02. The van der Waals surface area contributed by atoms with Gasteiger partial charge in [0.2, 0.25) is 0 Å². The Bertz CT molecular complexity index is 464. The number of carbonyl (C=O) groups is 1. The minimum absolute atomic E-state index is 0.150. The first-order valence-electron chi connectivity index (χ1n) is 7.47. The van der Waals surface area contributed by atoms with E-state index in [1.54, 1.807) is 0 Å². The first-order chi connectivity index (χ1) is 10.0. The van der Waals surface area contributed by atoms with E-state index in [1.807, 2.05) is 33.9 Å². The smallest absolute Gasteiger partial charge is 0.419 e. The molecular formula is C14H26F3NO4Si. The molecule has 3 unspecified atom stereocenters. The third kappa shape index (κ3) is 3.66. The number of alkyl halides is 3. The number of β-amino-alcohol motifs (C(OH)–C–C–N with tert-alkyl or cyclic N) is 1. The van der Waals surface area contributed by atoms with Crippen LogP contribution in [0.2, 0.25) is 18.1 Å². The summed E-state index contributed by atoms with van der Waals surface area (Å²) in [4.78, 5) is 11.9. The zero-order chi connectivity index (χ0) is 18.4. The quantitative estimate of drug-likeness (QED) is 0.761. The van der Waals surface area contributed by atoms with Crippen molar-refractivity contribution < 1.29 is 32.6 Å². The van der Waals surface area contributed by atoms with Gasteiger partial charge in [-0.3, -0.25) is 4.90 Å². The van der Waals surface area contributed by atoms with Crippen LogP contribution in [0.5, 0.6) is 0 Å². The summed E-state index contributed by atoms with van der Waals surface area (Å²) < 4.78 is 45.4. The van der Waals surface area contributed by atoms with E-state index < -0.39 is 44.7 Å². The van der Waals surface area contributed by atoms with E-state index in [9.17, 15) is 28.2 Å². The van der Waals surface area contributed by atoms with Gasteiger partial charge in [0, 0.05) is 5.92 Å². The Morgan fingerprint density at radius 2 is 1.83 bits per heavy atom. The lowest BCUT2D eigenvalue weighted by atomic mass is 9.88. The molecule has 0 aliphatic carbocycles. The second-order valence-electron chi connectivity index (χ2n) is 7.76. The Labute approximate surface area is 135 Å². The fraction of sp³-hybridized carbons (Fsp3) is 0.929. The van der Waals surface area contributed by atoms with Crippen LogP contribution in [-0.2, 0) is 4.43 Å². The molecule has 1 rings (SSSR count). The normalized spacial score (nSPS) is 29.9. The van der Waals surface area contributed by atoms with Gasteiger partial charge >= 0.3 is 12.3 Å². The number of amides is 1. The molecule has 0 radical (unpaired) electrons. The van der Waals surface area contributed by atoms with Crippen molar-refractivity contribution in [3.8, 4) is 0 Å². The van der Waals surface area contributed by atoms with Gasteiger partial charge in [0.1, 0.15) is 0 Å². The maximum Gasteiger partial charge on any atom is 0.419 e. The minimum atomic E-state index is -4.90. The van der Waals surface area contributed by atoms with Crippen LogP contribution in [0.4, 0.5) is 18.0 Å². The summed E-state index contributed by atoms with van der Waals surface area (Å²) in [6, 6.07) is -1.03. The highest BCUT2D eigenvalue weighted by Crippen LogP contribution is 2.45. The Morgan fingerprint density at radius 3 is 2.17 bits per heavy atom. The molecule has 1 heterocycles. The van der Waals surface area contributed by atoms with Crippen molar-refractivity contribution in [2.75, 3.05) is 13.2 Å². The summed E-state index contributed by atoms with van der Waals surface area (Å²) in [5, 5.41) is 19.0. The molecule has 0 spiro atoms. The number of aliphatic hydroxyl groups is 1. The van der Waals surface area contributed by atoms with Gasteiger partial charge in [-0.1, -0.05) is 27.7 Å². The van der Waals surface area contributed by atoms with Crippen molar-refractivity contribution in [3.05, 3.63) is 0 Å². The predicted molar refractivity (Wildman–Crippen MR) is 81.8 cm³/mol. The standard InChI is InChI=1S/C14H26F3NO4Si/c1-9-10(7-22-23(5,6)12(2,3)4)18(11(19)20)8-13(9,21)14(15,16)17/h9-10,21H,7-8H2,1-6H3,(H,19,20). The zero-order valence-corrected chi connectivity index (χ0v) is 15.4. The number of hydrogen-bond donors (Lipinski definition) is 2. The van der Waals surface area contributed by atoms with E-state index in [0.717, 1.165) is 0 Å². The molecule has 0 saturated carbocycles. The topological polar surface area (TPSA) is 70.0 Å². The molecule has 1 saturated heterocycles. The van der Waals surface area contributed by atoms with Crippen LogP contribution in [0.1, 0.15) is 27.7 Å². The summed E-state index contributed by atoms with van der Waals surface area (Å²) in [5.41, 5.74) is -3.05. The molecule has 1 aliphatic heterocycles. The SMILES string of the molecule is CC1C(CO[Si](C)(C)C(C)(C)C)N(C(=O)O)CC1(O)C(F)(F)F. The lowest BCUT2D eigenvalue weighted by Crippen LogP contribution is -2.52. The van der Waals surface area contributed by atoms with Gasteiger partial charge < -0.3 is 14.6 Å². The number of carboxylic acid groups (broad SMARTS) is 1. The van der Waals surface area contributed by atoms with Crippen molar-refractivity contribution >= 4 is 14.4 Å². The van der Waals surface area contributed by atoms with Gasteiger partial charge in [-0.25, -0.2) is 4.79 Å². The van der Waals surface area contributed by atoms with Crippen molar-refractivity contribution in [1.82, 2.24) is 4.90 Å². The van der Waals surface area contributed by atoms with Crippen LogP contribution in [0.3, 0.4) is 0 Å². The van der Waals surface area contributed by atoms with Crippen molar-refractivity contribution in [2.24, 2.45) is 5.92 Å². The summed E-state index contributed by atoms with van der Waals surface area (Å²) in [6.45, 7) is 9.91. The summed E-state index contributed by atoms with van der Waals surface area (Å²) >= 11 is 0. The maximum atomic E-state index is 13.2. The molecule has 23 heavy (non-hydrogen) atoms. The lowest BCUT2D eigenvalue weighted by molar-refractivity contribution is -0.267. The van der Waals surface area contributed by atoms with Gasteiger partial charge in [0.25, 0.3) is 0 Å². The molecule has 1 amide bonds. The molecule has 0 aromatic rings. The Hall–Kier alpha value is -0.803. The van der Waals surface area contributed by atoms with Gasteiger partial charge in [-0.05, 0) is 18.1 Å². The summed E-state index contributed by atoms with van der Waals surface area (Å²) in [5.74, 6) is -1.30. The minimum Gasteiger partial charge on any atom is -0.465 e. The van der Waals surface area contributed by atoms with Gasteiger partial charge in [0.05, 0.1) is 19.2 Å². The van der Waals surface area contributed by atoms with E-state index in [-0.39, 0.29) is 11.6 Å². The average molecular weight is 357 g/mol. The van der Waals surface area contributed by atoms with Crippen LogP contribution >= 0.6 is 0 Å². The average Bonchev–Trinajstić information content (AvgIpc) is 2.59. The first kappa shape index (κ1) is 20.2. The van der Waals surface area contributed by atoms with Crippen LogP contribution < -0.4 is 0 Å². The molecule has 5 nitrogen and oxygen atoms in total. The molecule has 9 heteroatoms. The third-order valence-corrected chi connectivity index (χ3v) is 9.80. The molecule has 0 aromatic carbocycles. The molecule has 3 atom stereocenters. The molecular weight excluding hydrogens is 331 g/mol. The van der Waals surface area contributed by atoms with Gasteiger partial charge in [0.15, 0.2) is 13.9 Å². The zero-order valence-electron chi connectivity index (χ0n) is 14.4. The number of nitrogens with zero attached hydrogens (tertiary/aromatic N) is 1. The second-order valence-corrected chi connectivity index (χ2v) is 12.6. The number of rotatable bonds is 3. The number of halogens is 3. The van der Waals surface area contributed by atoms with E-state index in [1.165, 1.54) is 6.92 Å². The molecule has 0 bridgehead atoms. The summed E-state index contributed by atoms with van der Waals surface area (Å²) in [7, 11) is -2.24. The molecule has 136 valence electrons. The highest BCUT2D eigenvalue weighted by molar-refractivity contribution is 6.74. The summed E-state index contributed by atoms with van der Waals surface area (Å²) in [6.07, 6.45) is -6.38. The number of hydrogen-bond acceptors (Lipinski definition) is 3. The fourth-order valence-corrected chi connectivity index (χ4v) is 3.43. The predicted octanol–water partition coefficient (Wildman–Crippen LogP) is 3.30. The largest absolute Gasteiger partial charge is 0.465 e. The molecule has 2 N–H and O–H groups in total. The van der Waals surface area contributed by atoms with Crippen molar-refractivity contribution in [1.29, 1.82) is 0 Å². The first-order valence-corrected chi connectivity index (χ1v) is 10.4. The van der Waals surface area contributed by atoms with E-state index >= 15 is 0 Å². The van der Waals surface area contributed by atoms with Crippen molar-refractivity contribution in [3.63, 3.8) is 0 Å². The van der Waals surface area contributed by atoms with Crippen molar-refractivity contribution in [2.45, 2.75) is 63.6 Å². The van der Waals surface area contributed by atoms with Crippen LogP contribution in [0.25, 0.3) is 0 Å². The monoisotopic (exact) mass is 357 g/mol. The lowest BCUT2D eigenvalue weighted by Gasteiger charge is -2.38. The van der Waals surface area contributed by atoms with Crippen LogP contribution in [0, 0.1) is 5.92 Å². The second kappa shape index (κ2) is 5.93. The number of likely N-dealkylation sites (tertiary alicyclic amines) is 1. The van der Waals surface area contributed by atoms with Gasteiger partial charge in [-0.15, -0.1) is 0 Å². The molecule has 1 fully saturated rings. The van der Waals surface area contributed by atoms with E-state index in [2.05, 4.69) is 0 Å². The highest BCUT2D eigenvalue weighted by atomic mass is 28.4. The highest BCUT2D eigenvalue weighted by Gasteiger charge is 2.65. The maximum absolute atomic E-state index is 13.2. The van der Waals surface area contributed by atoms with Crippen LogP contribution in [0.15, 0.2) is 0 Å². The Morgan fingerprint density at radius 1 is 1.35 bits per heavy atom. The molecule has 1 aliphatic rings. The van der Waals surface area contributed by atoms with E-state index in [4.69, 9.17) is 4.43 Å².